The molecule has 0 saturated carbocycles. The highest BCUT2D eigenvalue weighted by molar-refractivity contribution is 8.00. The highest BCUT2D eigenvalue weighted by Gasteiger charge is 2.17. The molecule has 0 saturated heterocycles. The Labute approximate surface area is 155 Å². The lowest BCUT2D eigenvalue weighted by Gasteiger charge is -2.16. The molecule has 8 heteroatoms. The van der Waals surface area contributed by atoms with Crippen molar-refractivity contribution >= 4 is 35.2 Å². The van der Waals surface area contributed by atoms with Crippen LogP contribution in [0.5, 0.6) is 0 Å². The third kappa shape index (κ3) is 4.82. The quantitative estimate of drug-likeness (QED) is 0.717. The van der Waals surface area contributed by atoms with Crippen molar-refractivity contribution in [3.63, 3.8) is 0 Å². The van der Waals surface area contributed by atoms with Gasteiger partial charge in [-0.15, -0.1) is 11.8 Å². The average molecular weight is 370 g/mol. The van der Waals surface area contributed by atoms with Gasteiger partial charge < -0.3 is 16.0 Å². The molecule has 3 rings (SSSR count). The molecule has 3 N–H and O–H groups in total. The molecule has 1 aliphatic rings. The van der Waals surface area contributed by atoms with E-state index in [1.165, 1.54) is 11.8 Å². The normalized spacial score (nSPS) is 12.7. The van der Waals surface area contributed by atoms with E-state index in [0.717, 1.165) is 10.5 Å². The number of pyridine rings is 1. The number of hydrogen-bond acceptors (Lipinski definition) is 5. The molecule has 0 radical (unpaired) electrons. The number of carbonyl (C=O) groups is 3. The zero-order valence-corrected chi connectivity index (χ0v) is 14.8. The van der Waals surface area contributed by atoms with Gasteiger partial charge in [-0.05, 0) is 29.8 Å². The monoisotopic (exact) mass is 370 g/mol. The summed E-state index contributed by atoms with van der Waals surface area (Å²) < 4.78 is 0. The number of anilines is 1. The van der Waals surface area contributed by atoms with Crippen molar-refractivity contribution in [1.29, 1.82) is 0 Å². The Bertz CT molecular complexity index is 826. The molecule has 0 aliphatic carbocycles. The predicted octanol–water partition coefficient (Wildman–Crippen LogP) is 1.56. The van der Waals surface area contributed by atoms with Crippen molar-refractivity contribution in [1.82, 2.24) is 15.6 Å². The van der Waals surface area contributed by atoms with Crippen LogP contribution in [0.2, 0.25) is 0 Å². The predicted molar refractivity (Wildman–Crippen MR) is 98.8 cm³/mol. The molecule has 0 unspecified atom stereocenters. The minimum absolute atomic E-state index is 0.0784. The number of hydrogen-bond donors (Lipinski definition) is 3. The first-order valence-electron chi connectivity index (χ1n) is 8.12. The first kappa shape index (κ1) is 17.9. The van der Waals surface area contributed by atoms with Crippen LogP contribution in [0.4, 0.5) is 5.69 Å². The van der Waals surface area contributed by atoms with Gasteiger partial charge in [0.05, 0.1) is 11.4 Å². The van der Waals surface area contributed by atoms with Crippen molar-refractivity contribution in [2.45, 2.75) is 17.9 Å². The number of aromatic nitrogens is 1. The molecule has 2 aromatic rings. The van der Waals surface area contributed by atoms with Gasteiger partial charge in [0.1, 0.15) is 0 Å². The first-order valence-corrected chi connectivity index (χ1v) is 9.11. The van der Waals surface area contributed by atoms with Gasteiger partial charge in [0.15, 0.2) is 0 Å². The SMILES string of the molecule is O=C(CCNC(=O)c1ccc2c(c1)NC(=O)CS2)NCc1cccnc1. The second kappa shape index (κ2) is 8.48. The molecular formula is C18H18N4O3S. The largest absolute Gasteiger partial charge is 0.352 e. The summed E-state index contributed by atoms with van der Waals surface area (Å²) in [7, 11) is 0. The highest BCUT2D eigenvalue weighted by Crippen LogP contribution is 2.31. The first-order chi connectivity index (χ1) is 12.6. The Balaban J connectivity index is 1.44. The maximum atomic E-state index is 12.2. The van der Waals surface area contributed by atoms with Crippen molar-refractivity contribution in [2.75, 3.05) is 17.6 Å². The fourth-order valence-electron chi connectivity index (χ4n) is 2.41. The van der Waals surface area contributed by atoms with E-state index in [2.05, 4.69) is 20.9 Å². The maximum absolute atomic E-state index is 12.2. The van der Waals surface area contributed by atoms with E-state index in [0.29, 0.717) is 23.5 Å². The Kier molecular flexibility index (Phi) is 5.85. The average Bonchev–Trinajstić information content (AvgIpc) is 2.66. The highest BCUT2D eigenvalue weighted by atomic mass is 32.2. The number of rotatable bonds is 6. The Hall–Kier alpha value is -2.87. The molecule has 1 aliphatic heterocycles. The number of nitrogens with one attached hydrogen (secondary N) is 3. The number of amides is 3. The smallest absolute Gasteiger partial charge is 0.251 e. The summed E-state index contributed by atoms with van der Waals surface area (Å²) in [5.41, 5.74) is 2.01. The molecule has 1 aromatic heterocycles. The van der Waals surface area contributed by atoms with Gasteiger partial charge in [-0.1, -0.05) is 6.07 Å². The van der Waals surface area contributed by atoms with E-state index in [1.54, 1.807) is 30.6 Å². The fraction of sp³-hybridized carbons (Fsp3) is 0.222. The van der Waals surface area contributed by atoms with Crippen LogP contribution in [0.25, 0.3) is 0 Å². The van der Waals surface area contributed by atoms with Crippen LogP contribution in [0.1, 0.15) is 22.3 Å². The molecule has 134 valence electrons. The van der Waals surface area contributed by atoms with Crippen molar-refractivity contribution in [2.24, 2.45) is 0 Å². The zero-order valence-electron chi connectivity index (χ0n) is 14.0. The molecule has 26 heavy (non-hydrogen) atoms. The second-order valence-corrected chi connectivity index (χ2v) is 6.71. The summed E-state index contributed by atoms with van der Waals surface area (Å²) in [6.45, 7) is 0.638. The number of thioether (sulfide) groups is 1. The van der Waals surface area contributed by atoms with Gasteiger partial charge in [-0.3, -0.25) is 19.4 Å². The summed E-state index contributed by atoms with van der Waals surface area (Å²) in [5, 5.41) is 8.24. The summed E-state index contributed by atoms with van der Waals surface area (Å²) in [4.78, 5) is 40.4. The van der Waals surface area contributed by atoms with Gasteiger partial charge in [0, 0.05) is 42.4 Å². The lowest BCUT2D eigenvalue weighted by atomic mass is 10.2. The maximum Gasteiger partial charge on any atom is 0.251 e. The van der Waals surface area contributed by atoms with E-state index in [-0.39, 0.29) is 30.7 Å². The molecule has 0 fully saturated rings. The summed E-state index contributed by atoms with van der Waals surface area (Å²) in [5.74, 6) is -0.126. The molecule has 0 bridgehead atoms. The van der Waals surface area contributed by atoms with Crippen molar-refractivity contribution < 1.29 is 14.4 Å². The van der Waals surface area contributed by atoms with E-state index >= 15 is 0 Å². The lowest BCUT2D eigenvalue weighted by molar-refractivity contribution is -0.121. The van der Waals surface area contributed by atoms with Gasteiger partial charge in [-0.25, -0.2) is 0 Å². The molecule has 0 atom stereocenters. The Morgan fingerprint density at radius 2 is 2.12 bits per heavy atom. The molecule has 7 nitrogen and oxygen atoms in total. The number of nitrogens with zero attached hydrogens (tertiary/aromatic N) is 1. The molecular weight excluding hydrogens is 352 g/mol. The van der Waals surface area contributed by atoms with Crippen LogP contribution in [-0.4, -0.2) is 35.0 Å². The van der Waals surface area contributed by atoms with Gasteiger partial charge in [-0.2, -0.15) is 0 Å². The van der Waals surface area contributed by atoms with Crippen LogP contribution >= 0.6 is 11.8 Å². The number of fused-ring (bicyclic) bond motifs is 1. The van der Waals surface area contributed by atoms with Crippen LogP contribution in [0.15, 0.2) is 47.6 Å². The standard InChI is InChI=1S/C18H18N4O3S/c23-16(21-10-12-2-1-6-19-9-12)5-7-20-18(25)13-3-4-15-14(8-13)22-17(24)11-26-15/h1-4,6,8-9H,5,7,10-11H2,(H,20,25)(H,21,23)(H,22,24). The number of benzene rings is 1. The van der Waals surface area contributed by atoms with Crippen LogP contribution in [-0.2, 0) is 16.1 Å². The zero-order chi connectivity index (χ0) is 18.4. The molecule has 0 spiro atoms. The minimum atomic E-state index is -0.280. The third-order valence-electron chi connectivity index (χ3n) is 3.72. The summed E-state index contributed by atoms with van der Waals surface area (Å²) in [6.07, 6.45) is 3.55. The Morgan fingerprint density at radius 1 is 1.23 bits per heavy atom. The third-order valence-corrected chi connectivity index (χ3v) is 4.80. The van der Waals surface area contributed by atoms with E-state index in [1.807, 2.05) is 12.1 Å². The van der Waals surface area contributed by atoms with Crippen LogP contribution < -0.4 is 16.0 Å². The summed E-state index contributed by atoms with van der Waals surface area (Å²) in [6, 6.07) is 8.86. The van der Waals surface area contributed by atoms with E-state index < -0.39 is 0 Å². The second-order valence-electron chi connectivity index (χ2n) is 5.69. The molecule has 2 heterocycles. The van der Waals surface area contributed by atoms with Crippen LogP contribution in [0, 0.1) is 0 Å². The van der Waals surface area contributed by atoms with Gasteiger partial charge in [0.2, 0.25) is 11.8 Å². The molecule has 1 aromatic carbocycles. The van der Waals surface area contributed by atoms with Crippen molar-refractivity contribution in [3.8, 4) is 0 Å². The van der Waals surface area contributed by atoms with E-state index in [9.17, 15) is 14.4 Å². The van der Waals surface area contributed by atoms with Crippen LogP contribution in [0.3, 0.4) is 0 Å². The summed E-state index contributed by atoms with van der Waals surface area (Å²) >= 11 is 1.44. The minimum Gasteiger partial charge on any atom is -0.352 e. The molecule has 3 amide bonds. The fourth-order valence-corrected chi connectivity index (χ4v) is 3.20. The van der Waals surface area contributed by atoms with Gasteiger partial charge in [0.25, 0.3) is 5.91 Å². The Morgan fingerprint density at radius 3 is 2.92 bits per heavy atom. The van der Waals surface area contributed by atoms with Gasteiger partial charge >= 0.3 is 0 Å². The topological polar surface area (TPSA) is 100 Å². The van der Waals surface area contributed by atoms with Crippen molar-refractivity contribution in [3.05, 3.63) is 53.9 Å². The number of carbonyl (C=O) groups excluding carboxylic acids is 3. The van der Waals surface area contributed by atoms with E-state index in [4.69, 9.17) is 0 Å². The lowest BCUT2D eigenvalue weighted by Crippen LogP contribution is -2.30.